The van der Waals surface area contributed by atoms with E-state index in [0.29, 0.717) is 0 Å². The van der Waals surface area contributed by atoms with Crippen LogP contribution in [0.2, 0.25) is 0 Å². The molecular formula is C16H19NO. The normalized spacial score (nSPS) is 15.7. The number of benzene rings is 1. The van der Waals surface area contributed by atoms with Crippen molar-refractivity contribution in [3.05, 3.63) is 58.9 Å². The van der Waals surface area contributed by atoms with Gasteiger partial charge in [0, 0.05) is 18.4 Å². The predicted octanol–water partition coefficient (Wildman–Crippen LogP) is 3.08. The first-order valence-corrected chi connectivity index (χ1v) is 6.68. The molecule has 3 rings (SSSR count). The van der Waals surface area contributed by atoms with Crippen LogP contribution in [0.15, 0.2) is 36.5 Å². The summed E-state index contributed by atoms with van der Waals surface area (Å²) in [4.78, 5) is 0. The molecule has 2 aromatic rings. The second-order valence-electron chi connectivity index (χ2n) is 5.19. The molecule has 1 aromatic heterocycles. The van der Waals surface area contributed by atoms with Crippen LogP contribution < -0.4 is 0 Å². The van der Waals surface area contributed by atoms with Crippen molar-refractivity contribution in [3.63, 3.8) is 0 Å². The quantitative estimate of drug-likeness (QED) is 0.877. The lowest BCUT2D eigenvalue weighted by atomic mass is 10.1. The van der Waals surface area contributed by atoms with Gasteiger partial charge in [0.2, 0.25) is 0 Å². The van der Waals surface area contributed by atoms with Crippen molar-refractivity contribution >= 4 is 0 Å². The minimum Gasteiger partial charge on any atom is -0.387 e. The molecule has 1 aliphatic carbocycles. The molecule has 1 aliphatic rings. The van der Waals surface area contributed by atoms with Crippen LogP contribution in [-0.2, 0) is 19.4 Å². The second-order valence-corrected chi connectivity index (χ2v) is 5.19. The number of aliphatic hydroxyl groups is 1. The number of aryl methyl sites for hydroxylation is 2. The lowest BCUT2D eigenvalue weighted by Crippen LogP contribution is -2.06. The summed E-state index contributed by atoms with van der Waals surface area (Å²) in [7, 11) is 0. The fourth-order valence-corrected chi connectivity index (χ4v) is 2.87. The van der Waals surface area contributed by atoms with Crippen molar-refractivity contribution in [2.75, 3.05) is 0 Å². The Morgan fingerprint density at radius 3 is 2.89 bits per heavy atom. The summed E-state index contributed by atoms with van der Waals surface area (Å²) in [5.41, 5.74) is 5.34. The number of fused-ring (bicyclic) bond motifs is 1. The minimum atomic E-state index is -0.408. The van der Waals surface area contributed by atoms with E-state index in [4.69, 9.17) is 0 Å². The van der Waals surface area contributed by atoms with Crippen molar-refractivity contribution in [2.45, 2.75) is 38.8 Å². The molecule has 1 heterocycles. The maximum Gasteiger partial charge on any atom is 0.0911 e. The number of aromatic nitrogens is 1. The highest BCUT2D eigenvalue weighted by Crippen LogP contribution is 2.24. The molecular weight excluding hydrogens is 222 g/mol. The van der Waals surface area contributed by atoms with Gasteiger partial charge >= 0.3 is 0 Å². The molecule has 0 bridgehead atoms. The van der Waals surface area contributed by atoms with E-state index in [1.54, 1.807) is 0 Å². The van der Waals surface area contributed by atoms with Gasteiger partial charge in [0.15, 0.2) is 0 Å². The van der Waals surface area contributed by atoms with Crippen LogP contribution >= 0.6 is 0 Å². The minimum absolute atomic E-state index is 0.408. The first-order valence-electron chi connectivity index (χ1n) is 6.68. The molecule has 1 atom stereocenters. The first-order chi connectivity index (χ1) is 8.74. The van der Waals surface area contributed by atoms with Gasteiger partial charge in [-0.15, -0.1) is 0 Å². The van der Waals surface area contributed by atoms with Crippen LogP contribution in [0.3, 0.4) is 0 Å². The zero-order valence-corrected chi connectivity index (χ0v) is 10.8. The Morgan fingerprint density at radius 2 is 2.06 bits per heavy atom. The van der Waals surface area contributed by atoms with Crippen LogP contribution in [-0.4, -0.2) is 9.67 Å². The van der Waals surface area contributed by atoms with Crippen LogP contribution in [0.5, 0.6) is 0 Å². The summed E-state index contributed by atoms with van der Waals surface area (Å²) >= 11 is 0. The van der Waals surface area contributed by atoms with Gasteiger partial charge in [0.25, 0.3) is 0 Å². The third-order valence-corrected chi connectivity index (χ3v) is 3.81. The smallest absolute Gasteiger partial charge is 0.0911 e. The monoisotopic (exact) mass is 241 g/mol. The van der Waals surface area contributed by atoms with E-state index in [9.17, 15) is 5.11 Å². The van der Waals surface area contributed by atoms with Gasteiger partial charge in [-0.3, -0.25) is 0 Å². The summed E-state index contributed by atoms with van der Waals surface area (Å²) in [6.07, 6.45) is 5.38. The zero-order valence-electron chi connectivity index (χ0n) is 10.8. The topological polar surface area (TPSA) is 25.2 Å². The predicted molar refractivity (Wildman–Crippen MR) is 72.6 cm³/mol. The van der Waals surface area contributed by atoms with Gasteiger partial charge < -0.3 is 9.67 Å². The molecule has 0 radical (unpaired) electrons. The lowest BCUT2D eigenvalue weighted by molar-refractivity contribution is 0.190. The fourth-order valence-electron chi connectivity index (χ4n) is 2.87. The molecule has 0 spiro atoms. The highest BCUT2D eigenvalue weighted by molar-refractivity contribution is 5.35. The molecule has 0 amide bonds. The largest absolute Gasteiger partial charge is 0.387 e. The molecule has 2 heteroatoms. The average molecular weight is 241 g/mol. The summed E-state index contributed by atoms with van der Waals surface area (Å²) in [5.74, 6) is 0. The number of nitrogens with zero attached hydrogens (tertiary/aromatic N) is 1. The Balaban J connectivity index is 1.86. The van der Waals surface area contributed by atoms with Crippen molar-refractivity contribution in [3.8, 4) is 0 Å². The van der Waals surface area contributed by atoms with Crippen LogP contribution in [0.25, 0.3) is 0 Å². The van der Waals surface area contributed by atoms with Gasteiger partial charge in [0.1, 0.15) is 0 Å². The van der Waals surface area contributed by atoms with E-state index in [2.05, 4.69) is 22.8 Å². The highest BCUT2D eigenvalue weighted by Gasteiger charge is 2.12. The standard InChI is InChI=1S/C16H19NO/c1-12(18)16-6-3-9-17(16)11-13-7-8-14-4-2-5-15(14)10-13/h3,6-10,12,18H,2,4-5,11H2,1H3. The van der Waals surface area contributed by atoms with E-state index in [0.717, 1.165) is 12.2 Å². The summed E-state index contributed by atoms with van der Waals surface area (Å²) < 4.78 is 2.13. The third kappa shape index (κ3) is 2.08. The second kappa shape index (κ2) is 4.62. The summed E-state index contributed by atoms with van der Waals surface area (Å²) in [6.45, 7) is 2.66. The van der Waals surface area contributed by atoms with Crippen molar-refractivity contribution < 1.29 is 5.11 Å². The highest BCUT2D eigenvalue weighted by atomic mass is 16.3. The number of hydrogen-bond donors (Lipinski definition) is 1. The van der Waals surface area contributed by atoms with Crippen LogP contribution in [0.1, 0.15) is 41.8 Å². The molecule has 0 saturated heterocycles. The average Bonchev–Trinajstić information content (AvgIpc) is 2.96. The molecule has 2 nitrogen and oxygen atoms in total. The Bertz CT molecular complexity index is 554. The van der Waals surface area contributed by atoms with E-state index in [-0.39, 0.29) is 0 Å². The number of aliphatic hydroxyl groups excluding tert-OH is 1. The molecule has 1 N–H and O–H groups in total. The summed E-state index contributed by atoms with van der Waals surface area (Å²) in [6, 6.07) is 10.8. The van der Waals surface area contributed by atoms with Crippen LogP contribution in [0, 0.1) is 0 Å². The third-order valence-electron chi connectivity index (χ3n) is 3.81. The maximum absolute atomic E-state index is 9.71. The Kier molecular flexibility index (Phi) is 2.96. The lowest BCUT2D eigenvalue weighted by Gasteiger charge is -2.12. The molecule has 0 fully saturated rings. The molecule has 0 saturated carbocycles. The molecule has 0 aliphatic heterocycles. The van der Waals surface area contributed by atoms with Gasteiger partial charge in [-0.2, -0.15) is 0 Å². The molecule has 18 heavy (non-hydrogen) atoms. The SMILES string of the molecule is CC(O)c1cccn1Cc1ccc2c(c1)CCC2. The Morgan fingerprint density at radius 1 is 1.22 bits per heavy atom. The van der Waals surface area contributed by atoms with E-state index < -0.39 is 6.10 Å². The molecule has 1 unspecified atom stereocenters. The van der Waals surface area contributed by atoms with E-state index in [1.807, 2.05) is 25.3 Å². The van der Waals surface area contributed by atoms with Gasteiger partial charge in [-0.25, -0.2) is 0 Å². The molecule has 1 aromatic carbocycles. The molecule has 94 valence electrons. The first kappa shape index (κ1) is 11.5. The maximum atomic E-state index is 9.71. The number of rotatable bonds is 3. The fraction of sp³-hybridized carbons (Fsp3) is 0.375. The Labute approximate surface area is 108 Å². The van der Waals surface area contributed by atoms with E-state index in [1.165, 1.54) is 36.0 Å². The number of hydrogen-bond acceptors (Lipinski definition) is 1. The van der Waals surface area contributed by atoms with Gasteiger partial charge in [0.05, 0.1) is 6.10 Å². The van der Waals surface area contributed by atoms with E-state index >= 15 is 0 Å². The Hall–Kier alpha value is -1.54. The zero-order chi connectivity index (χ0) is 12.5. The van der Waals surface area contributed by atoms with Crippen LogP contribution in [0.4, 0.5) is 0 Å². The van der Waals surface area contributed by atoms with Gasteiger partial charge in [-0.1, -0.05) is 18.2 Å². The summed E-state index contributed by atoms with van der Waals surface area (Å²) in [5, 5.41) is 9.71. The van der Waals surface area contributed by atoms with Crippen molar-refractivity contribution in [1.29, 1.82) is 0 Å². The van der Waals surface area contributed by atoms with Crippen molar-refractivity contribution in [2.24, 2.45) is 0 Å². The van der Waals surface area contributed by atoms with Gasteiger partial charge in [-0.05, 0) is 55.0 Å². The van der Waals surface area contributed by atoms with Crippen molar-refractivity contribution in [1.82, 2.24) is 4.57 Å².